The van der Waals surface area contributed by atoms with Crippen LogP contribution in [-0.4, -0.2) is 25.0 Å². The Morgan fingerprint density at radius 1 is 1.22 bits per heavy atom. The van der Waals surface area contributed by atoms with Gasteiger partial charge in [-0.05, 0) is 49.2 Å². The maximum Gasteiger partial charge on any atom is 0.343 e. The van der Waals surface area contributed by atoms with E-state index < -0.39 is 29.9 Å². The number of nitriles is 1. The number of ether oxygens (including phenoxy) is 1. The molecule has 140 valence electrons. The second-order valence-corrected chi connectivity index (χ2v) is 6.38. The highest BCUT2D eigenvalue weighted by Crippen LogP contribution is 2.21. The van der Waals surface area contributed by atoms with Gasteiger partial charge in [0.25, 0.3) is 5.91 Å². The molecule has 0 fully saturated rings. The number of amides is 1. The number of rotatable bonds is 6. The molecular weight excluding hydrogens is 371 g/mol. The zero-order valence-corrected chi connectivity index (χ0v) is 15.7. The van der Waals surface area contributed by atoms with Gasteiger partial charge in [0.1, 0.15) is 11.4 Å². The largest absolute Gasteiger partial charge is 0.452 e. The van der Waals surface area contributed by atoms with Crippen molar-refractivity contribution in [1.82, 2.24) is 0 Å². The average Bonchev–Trinajstić information content (AvgIpc) is 2.59. The van der Waals surface area contributed by atoms with Crippen LogP contribution in [0.2, 0.25) is 5.02 Å². The summed E-state index contributed by atoms with van der Waals surface area (Å²) >= 11 is 5.83. The van der Waals surface area contributed by atoms with E-state index in [0.29, 0.717) is 5.69 Å². The zero-order valence-electron chi connectivity index (χ0n) is 15.0. The summed E-state index contributed by atoms with van der Waals surface area (Å²) in [6.07, 6.45) is 0.117. The quantitative estimate of drug-likeness (QED) is 0.695. The number of benzene rings is 2. The molecule has 0 spiro atoms. The van der Waals surface area contributed by atoms with Crippen LogP contribution >= 0.6 is 11.6 Å². The van der Waals surface area contributed by atoms with Gasteiger partial charge in [-0.2, -0.15) is 5.26 Å². The third kappa shape index (κ3) is 5.28. The van der Waals surface area contributed by atoms with Gasteiger partial charge in [-0.3, -0.25) is 4.79 Å². The highest BCUT2D eigenvalue weighted by atomic mass is 35.5. The molecule has 0 aliphatic carbocycles. The Labute approximate surface area is 161 Å². The van der Waals surface area contributed by atoms with Gasteiger partial charge < -0.3 is 9.64 Å². The molecular formula is C20H18ClFN2O3. The van der Waals surface area contributed by atoms with Crippen molar-refractivity contribution in [2.45, 2.75) is 20.3 Å². The molecule has 7 heteroatoms. The first-order valence-corrected chi connectivity index (χ1v) is 8.58. The number of hydrogen-bond donors (Lipinski definition) is 0. The number of nitrogens with zero attached hydrogens (tertiary/aromatic N) is 2. The van der Waals surface area contributed by atoms with E-state index in [1.807, 2.05) is 26.0 Å². The van der Waals surface area contributed by atoms with Crippen molar-refractivity contribution >= 4 is 29.2 Å². The summed E-state index contributed by atoms with van der Waals surface area (Å²) in [7, 11) is 0. The van der Waals surface area contributed by atoms with Crippen molar-refractivity contribution in [3.8, 4) is 6.07 Å². The lowest BCUT2D eigenvalue weighted by Crippen LogP contribution is -2.35. The minimum Gasteiger partial charge on any atom is -0.452 e. The summed E-state index contributed by atoms with van der Waals surface area (Å²) in [5.74, 6) is -2.36. The molecule has 0 radical (unpaired) electrons. The summed E-state index contributed by atoms with van der Waals surface area (Å²) in [5.41, 5.74) is 2.10. The Hall–Kier alpha value is -2.91. The van der Waals surface area contributed by atoms with Gasteiger partial charge in [-0.25, -0.2) is 9.18 Å². The first kappa shape index (κ1) is 20.4. The minimum absolute atomic E-state index is 0.0944. The number of anilines is 1. The van der Waals surface area contributed by atoms with E-state index in [-0.39, 0.29) is 18.0 Å². The SMILES string of the molecule is Cc1cc(C)cc(N(CCC#N)C(=O)COC(=O)c2c(F)cccc2Cl)c1. The van der Waals surface area contributed by atoms with Crippen LogP contribution < -0.4 is 4.90 Å². The summed E-state index contributed by atoms with van der Waals surface area (Å²) in [5, 5.41) is 8.76. The predicted octanol–water partition coefficient (Wildman–Crippen LogP) is 4.20. The highest BCUT2D eigenvalue weighted by Gasteiger charge is 2.21. The van der Waals surface area contributed by atoms with Crippen LogP contribution in [0.15, 0.2) is 36.4 Å². The first-order chi connectivity index (χ1) is 12.8. The van der Waals surface area contributed by atoms with E-state index in [1.165, 1.54) is 17.0 Å². The topological polar surface area (TPSA) is 70.4 Å². The summed E-state index contributed by atoms with van der Waals surface area (Å²) in [6.45, 7) is 3.34. The lowest BCUT2D eigenvalue weighted by Gasteiger charge is -2.22. The van der Waals surface area contributed by atoms with Gasteiger partial charge in [0, 0.05) is 12.2 Å². The van der Waals surface area contributed by atoms with Gasteiger partial charge in [0.2, 0.25) is 0 Å². The Kier molecular flexibility index (Phi) is 6.91. The second-order valence-electron chi connectivity index (χ2n) is 5.97. The van der Waals surface area contributed by atoms with Gasteiger partial charge in [-0.1, -0.05) is 23.7 Å². The van der Waals surface area contributed by atoms with Crippen LogP contribution in [0.5, 0.6) is 0 Å². The van der Waals surface area contributed by atoms with Crippen molar-refractivity contribution in [2.24, 2.45) is 0 Å². The smallest absolute Gasteiger partial charge is 0.343 e. The molecule has 0 atom stereocenters. The van der Waals surface area contributed by atoms with Crippen molar-refractivity contribution in [2.75, 3.05) is 18.1 Å². The van der Waals surface area contributed by atoms with E-state index in [4.69, 9.17) is 21.6 Å². The van der Waals surface area contributed by atoms with E-state index in [0.717, 1.165) is 17.2 Å². The molecule has 0 bridgehead atoms. The Morgan fingerprint density at radius 3 is 2.48 bits per heavy atom. The summed E-state index contributed by atoms with van der Waals surface area (Å²) in [6, 6.07) is 11.4. The number of aryl methyl sites for hydroxylation is 2. The molecule has 0 saturated carbocycles. The summed E-state index contributed by atoms with van der Waals surface area (Å²) < 4.78 is 18.7. The van der Waals surface area contributed by atoms with E-state index >= 15 is 0 Å². The van der Waals surface area contributed by atoms with E-state index in [2.05, 4.69) is 0 Å². The minimum atomic E-state index is -1.02. The van der Waals surface area contributed by atoms with Crippen LogP contribution in [0.4, 0.5) is 10.1 Å². The van der Waals surface area contributed by atoms with Gasteiger partial charge in [0.15, 0.2) is 6.61 Å². The van der Waals surface area contributed by atoms with Crippen LogP contribution in [-0.2, 0) is 9.53 Å². The number of halogens is 2. The van der Waals surface area contributed by atoms with Crippen molar-refractivity contribution < 1.29 is 18.7 Å². The normalized spacial score (nSPS) is 10.2. The van der Waals surface area contributed by atoms with Gasteiger partial charge >= 0.3 is 5.97 Å². The third-order valence-corrected chi connectivity index (χ3v) is 4.07. The van der Waals surface area contributed by atoms with Crippen LogP contribution in [0.1, 0.15) is 27.9 Å². The number of carbonyl (C=O) groups excluding carboxylic acids is 2. The lowest BCUT2D eigenvalue weighted by atomic mass is 10.1. The molecule has 0 heterocycles. The molecule has 0 saturated heterocycles. The van der Waals surface area contributed by atoms with Crippen LogP contribution in [0, 0.1) is 31.0 Å². The standard InChI is InChI=1S/C20H18ClFN2O3/c1-13-9-14(2)11-15(10-13)24(8-4-7-23)18(25)12-27-20(26)19-16(21)5-3-6-17(19)22/h3,5-6,9-11H,4,8,12H2,1-2H3. The fourth-order valence-corrected chi connectivity index (χ4v) is 2.88. The van der Waals surface area contributed by atoms with Crippen molar-refractivity contribution in [3.63, 3.8) is 0 Å². The molecule has 0 aliphatic rings. The molecule has 2 rings (SSSR count). The van der Waals surface area contributed by atoms with Gasteiger partial charge in [-0.15, -0.1) is 0 Å². The molecule has 5 nitrogen and oxygen atoms in total. The number of esters is 1. The highest BCUT2D eigenvalue weighted by molar-refractivity contribution is 6.33. The fourth-order valence-electron chi connectivity index (χ4n) is 2.64. The molecule has 0 unspecified atom stereocenters. The molecule has 0 aromatic heterocycles. The molecule has 2 aromatic rings. The Morgan fingerprint density at radius 2 is 1.89 bits per heavy atom. The molecule has 2 aromatic carbocycles. The molecule has 0 aliphatic heterocycles. The maximum absolute atomic E-state index is 13.8. The predicted molar refractivity (Wildman–Crippen MR) is 100 cm³/mol. The molecule has 0 N–H and O–H groups in total. The first-order valence-electron chi connectivity index (χ1n) is 8.20. The second kappa shape index (κ2) is 9.15. The third-order valence-electron chi connectivity index (χ3n) is 3.76. The van der Waals surface area contributed by atoms with Gasteiger partial charge in [0.05, 0.1) is 17.5 Å². The lowest BCUT2D eigenvalue weighted by molar-refractivity contribution is -0.121. The van der Waals surface area contributed by atoms with Crippen LogP contribution in [0.25, 0.3) is 0 Å². The maximum atomic E-state index is 13.8. The van der Waals surface area contributed by atoms with Crippen molar-refractivity contribution in [3.05, 3.63) is 63.9 Å². The Balaban J connectivity index is 2.16. The van der Waals surface area contributed by atoms with Crippen molar-refractivity contribution in [1.29, 1.82) is 5.26 Å². The summed E-state index contributed by atoms with van der Waals surface area (Å²) in [4.78, 5) is 26.1. The number of hydrogen-bond acceptors (Lipinski definition) is 4. The molecule has 27 heavy (non-hydrogen) atoms. The Bertz CT molecular complexity index is 868. The van der Waals surface area contributed by atoms with E-state index in [9.17, 15) is 14.0 Å². The van der Waals surface area contributed by atoms with Crippen LogP contribution in [0.3, 0.4) is 0 Å². The monoisotopic (exact) mass is 388 g/mol. The van der Waals surface area contributed by atoms with E-state index in [1.54, 1.807) is 12.1 Å². The fraction of sp³-hybridized carbons (Fsp3) is 0.250. The number of carbonyl (C=O) groups is 2. The molecule has 1 amide bonds. The average molecular weight is 389 g/mol. The zero-order chi connectivity index (χ0) is 20.0.